The van der Waals surface area contributed by atoms with Crippen LogP contribution in [0.15, 0.2) is 0 Å². The summed E-state index contributed by atoms with van der Waals surface area (Å²) in [5, 5.41) is 22.9. The van der Waals surface area contributed by atoms with Crippen LogP contribution in [-0.4, -0.2) is 58.3 Å². The van der Waals surface area contributed by atoms with E-state index >= 15 is 0 Å². The van der Waals surface area contributed by atoms with Gasteiger partial charge >= 0.3 is 5.97 Å². The van der Waals surface area contributed by atoms with Crippen molar-refractivity contribution in [2.45, 2.75) is 168 Å². The van der Waals surface area contributed by atoms with Crippen LogP contribution in [0, 0.1) is 45.3 Å². The Balaban J connectivity index is 1.36. The molecule has 7 nitrogen and oxygen atoms in total. The fourth-order valence-corrected chi connectivity index (χ4v) is 12.1. The lowest BCUT2D eigenvalue weighted by Crippen LogP contribution is -2.66. The van der Waals surface area contributed by atoms with Crippen LogP contribution in [0.3, 0.4) is 0 Å². The highest BCUT2D eigenvalue weighted by Gasteiger charge is 2.72. The van der Waals surface area contributed by atoms with Crippen molar-refractivity contribution in [3.05, 3.63) is 0 Å². The van der Waals surface area contributed by atoms with E-state index in [2.05, 4.69) is 41.5 Å². The van der Waals surface area contributed by atoms with Crippen molar-refractivity contribution in [3.63, 3.8) is 0 Å². The van der Waals surface area contributed by atoms with Crippen LogP contribution in [0.4, 0.5) is 0 Å². The number of aliphatic hydroxyl groups is 2. The molecule has 0 unspecified atom stereocenters. The first-order valence-corrected chi connectivity index (χ1v) is 17.6. The third-order valence-corrected chi connectivity index (χ3v) is 14.7. The maximum absolute atomic E-state index is 13.0. The second kappa shape index (κ2) is 11.2. The number of nitrogens with two attached hydrogens (primary N) is 2. The molecule has 6 N–H and O–H groups in total. The van der Waals surface area contributed by atoms with Gasteiger partial charge in [0.15, 0.2) is 0 Å². The normalized spacial score (nSPS) is 48.2. The Kier molecular flexibility index (Phi) is 8.77. The zero-order chi connectivity index (χ0) is 31.8. The van der Waals surface area contributed by atoms with Crippen LogP contribution >= 0.6 is 0 Å². The van der Waals surface area contributed by atoms with E-state index < -0.39 is 11.6 Å². The number of aliphatic hydroxyl groups excluding tert-OH is 1. The van der Waals surface area contributed by atoms with Crippen molar-refractivity contribution >= 4 is 5.97 Å². The maximum Gasteiger partial charge on any atom is 0.323 e. The Bertz CT molecular complexity index is 1040. The zero-order valence-electron chi connectivity index (χ0n) is 28.6. The molecule has 0 spiro atoms. The largest absolute Gasteiger partial charge is 0.461 e. The standard InChI is InChI=1S/C36H64N2O5/c1-31(2)25-13-18-34(6)26(33(25,5)16-14-27(31)42-30(40)23(38)11-9-10-20-37)21-24(39)29-22(12-17-35(29,34)7)36(8)19-15-28(43-36)32(3,4)41/h22-29,39,41H,9-21,37-38H2,1-8H3/t22-,23-,24+,25-,26+,27-,28+,29-,33-,34+,35+,36-/m0/s1. The summed E-state index contributed by atoms with van der Waals surface area (Å²) in [6, 6.07) is -0.588. The number of carbonyl (C=O) groups excluding carboxylic acids is 1. The van der Waals surface area contributed by atoms with Gasteiger partial charge in [0.2, 0.25) is 0 Å². The van der Waals surface area contributed by atoms with Gasteiger partial charge in [-0.25, -0.2) is 0 Å². The van der Waals surface area contributed by atoms with Gasteiger partial charge in [-0.2, -0.15) is 0 Å². The van der Waals surface area contributed by atoms with Crippen molar-refractivity contribution in [2.24, 2.45) is 56.8 Å². The molecule has 0 radical (unpaired) electrons. The predicted molar refractivity (Wildman–Crippen MR) is 170 cm³/mol. The molecule has 7 heteroatoms. The van der Waals surface area contributed by atoms with Gasteiger partial charge in [0, 0.05) is 5.41 Å². The van der Waals surface area contributed by atoms with E-state index in [9.17, 15) is 15.0 Å². The summed E-state index contributed by atoms with van der Waals surface area (Å²) < 4.78 is 12.9. The number of carbonyl (C=O) groups is 1. The van der Waals surface area contributed by atoms with Gasteiger partial charge in [-0.15, -0.1) is 0 Å². The number of esters is 1. The molecule has 43 heavy (non-hydrogen) atoms. The summed E-state index contributed by atoms with van der Waals surface area (Å²) in [5.74, 6) is 1.04. The monoisotopic (exact) mass is 604 g/mol. The van der Waals surface area contributed by atoms with Gasteiger partial charge in [-0.05, 0) is 138 Å². The first-order valence-electron chi connectivity index (χ1n) is 17.6. The number of fused-ring (bicyclic) bond motifs is 5. The van der Waals surface area contributed by atoms with Crippen LogP contribution in [-0.2, 0) is 14.3 Å². The lowest BCUT2D eigenvalue weighted by molar-refractivity contribution is -0.251. The molecule has 5 fully saturated rings. The molecule has 5 aliphatic rings. The zero-order valence-corrected chi connectivity index (χ0v) is 28.6. The van der Waals surface area contributed by atoms with Gasteiger partial charge in [-0.1, -0.05) is 41.0 Å². The average Bonchev–Trinajstić information content (AvgIpc) is 3.50. The van der Waals surface area contributed by atoms with Crippen LogP contribution in [0.1, 0.15) is 132 Å². The Morgan fingerprint density at radius 3 is 2.26 bits per heavy atom. The van der Waals surface area contributed by atoms with Crippen LogP contribution in [0.5, 0.6) is 0 Å². The van der Waals surface area contributed by atoms with Crippen LogP contribution < -0.4 is 11.5 Å². The molecule has 0 aromatic carbocycles. The second-order valence-electron chi connectivity index (χ2n) is 17.7. The fraction of sp³-hybridized carbons (Fsp3) is 0.972. The van der Waals surface area contributed by atoms with E-state index in [-0.39, 0.29) is 57.5 Å². The van der Waals surface area contributed by atoms with Crippen molar-refractivity contribution in [1.82, 2.24) is 0 Å². The summed E-state index contributed by atoms with van der Waals surface area (Å²) in [4.78, 5) is 13.0. The Morgan fingerprint density at radius 1 is 0.953 bits per heavy atom. The third kappa shape index (κ3) is 5.23. The fourth-order valence-electron chi connectivity index (χ4n) is 12.1. The second-order valence-corrected chi connectivity index (χ2v) is 17.7. The summed E-state index contributed by atoms with van der Waals surface area (Å²) in [6.45, 7) is 18.7. The van der Waals surface area contributed by atoms with Crippen molar-refractivity contribution in [3.8, 4) is 0 Å². The minimum absolute atomic E-state index is 0.0247. The van der Waals surface area contributed by atoms with Gasteiger partial charge in [0.1, 0.15) is 12.1 Å². The number of ether oxygens (including phenoxy) is 2. The molecule has 1 heterocycles. The summed E-state index contributed by atoms with van der Waals surface area (Å²) in [6.07, 6.45) is 10.6. The van der Waals surface area contributed by atoms with Gasteiger partial charge in [0.05, 0.1) is 23.4 Å². The molecular formula is C36H64N2O5. The molecule has 4 saturated carbocycles. The molecule has 1 saturated heterocycles. The summed E-state index contributed by atoms with van der Waals surface area (Å²) in [5.41, 5.74) is 10.7. The van der Waals surface area contributed by atoms with E-state index in [4.69, 9.17) is 20.9 Å². The molecular weight excluding hydrogens is 540 g/mol. The van der Waals surface area contributed by atoms with Crippen molar-refractivity contribution < 1.29 is 24.5 Å². The molecule has 0 aromatic heterocycles. The number of hydrogen-bond donors (Lipinski definition) is 4. The minimum Gasteiger partial charge on any atom is -0.461 e. The highest BCUT2D eigenvalue weighted by atomic mass is 16.5. The van der Waals surface area contributed by atoms with E-state index in [0.29, 0.717) is 30.7 Å². The Morgan fingerprint density at radius 2 is 1.63 bits per heavy atom. The minimum atomic E-state index is -0.857. The van der Waals surface area contributed by atoms with Crippen molar-refractivity contribution in [2.75, 3.05) is 6.54 Å². The number of hydrogen-bond acceptors (Lipinski definition) is 7. The van der Waals surface area contributed by atoms with Crippen LogP contribution in [0.2, 0.25) is 0 Å². The van der Waals surface area contributed by atoms with E-state index in [1.165, 1.54) is 0 Å². The quantitative estimate of drug-likeness (QED) is 0.206. The van der Waals surface area contributed by atoms with E-state index in [1.54, 1.807) is 0 Å². The Labute approximate surface area is 261 Å². The van der Waals surface area contributed by atoms with Gasteiger partial charge in [-0.3, -0.25) is 4.79 Å². The SMILES string of the molecule is CC(C)(O)[C@H]1CC[C@@](C)([C@H]2CC[C@]3(C)[C@@H]2[C@H](O)C[C@@H]2[C@@]4(C)CC[C@H](OC(=O)[C@@H](N)CCCCN)C(C)(C)[C@@H]4CC[C@]23C)O1. The highest BCUT2D eigenvalue weighted by Crippen LogP contribution is 2.76. The summed E-state index contributed by atoms with van der Waals surface area (Å²) >= 11 is 0. The van der Waals surface area contributed by atoms with Crippen LogP contribution in [0.25, 0.3) is 0 Å². The molecule has 0 bridgehead atoms. The highest BCUT2D eigenvalue weighted by molar-refractivity contribution is 5.75. The molecule has 1 aliphatic heterocycles. The van der Waals surface area contributed by atoms with Gasteiger partial charge in [0.25, 0.3) is 0 Å². The van der Waals surface area contributed by atoms with E-state index in [0.717, 1.165) is 70.6 Å². The third-order valence-electron chi connectivity index (χ3n) is 14.7. The van der Waals surface area contributed by atoms with E-state index in [1.807, 2.05) is 13.8 Å². The summed E-state index contributed by atoms with van der Waals surface area (Å²) in [7, 11) is 0. The van der Waals surface area contributed by atoms with Crippen molar-refractivity contribution in [1.29, 1.82) is 0 Å². The lowest BCUT2D eigenvalue weighted by atomic mass is 9.35. The molecule has 12 atom stereocenters. The molecule has 4 aliphatic carbocycles. The molecule has 248 valence electrons. The molecule has 0 aromatic rings. The van der Waals surface area contributed by atoms with Gasteiger partial charge < -0.3 is 31.2 Å². The topological polar surface area (TPSA) is 128 Å². The first-order chi connectivity index (χ1) is 19.8. The number of unbranched alkanes of at least 4 members (excludes halogenated alkanes) is 1. The lowest BCUT2D eigenvalue weighted by Gasteiger charge is -2.70. The Hall–Kier alpha value is -0.730. The average molecular weight is 605 g/mol. The molecule has 5 rings (SSSR count). The number of rotatable bonds is 8. The smallest absolute Gasteiger partial charge is 0.323 e. The molecule has 0 amide bonds. The maximum atomic E-state index is 13.0. The first kappa shape index (κ1) is 33.6. The predicted octanol–water partition coefficient (Wildman–Crippen LogP) is 5.72.